The quantitative estimate of drug-likeness (QED) is 0.802. The van der Waals surface area contributed by atoms with Gasteiger partial charge in [-0.2, -0.15) is 0 Å². The van der Waals surface area contributed by atoms with E-state index >= 15 is 0 Å². The van der Waals surface area contributed by atoms with Crippen molar-refractivity contribution in [3.8, 4) is 0 Å². The van der Waals surface area contributed by atoms with Gasteiger partial charge >= 0.3 is 5.97 Å². The Morgan fingerprint density at radius 3 is 2.79 bits per heavy atom. The van der Waals surface area contributed by atoms with Crippen molar-refractivity contribution in [1.29, 1.82) is 0 Å². The third kappa shape index (κ3) is 1.92. The third-order valence-corrected chi connectivity index (χ3v) is 2.48. The maximum atomic E-state index is 13.0. The van der Waals surface area contributed by atoms with Gasteiger partial charge in [-0.25, -0.2) is 9.18 Å². The van der Waals surface area contributed by atoms with E-state index in [9.17, 15) is 9.18 Å². The predicted octanol–water partition coefficient (Wildman–Crippen LogP) is 2.48. The topological polar surface area (TPSA) is 37.3 Å². The van der Waals surface area contributed by atoms with Gasteiger partial charge in [-0.15, -0.1) is 0 Å². The molecule has 0 bridgehead atoms. The Labute approximate surface area is 81.4 Å². The molecule has 1 saturated carbocycles. The third-order valence-electron chi connectivity index (χ3n) is 2.48. The van der Waals surface area contributed by atoms with Crippen LogP contribution in [0.2, 0.25) is 0 Å². The Bertz CT molecular complexity index is 370. The van der Waals surface area contributed by atoms with Gasteiger partial charge in [0.05, 0.1) is 5.56 Å². The van der Waals surface area contributed by atoms with Gasteiger partial charge in [0.15, 0.2) is 0 Å². The first-order valence-electron chi connectivity index (χ1n) is 4.68. The zero-order valence-corrected chi connectivity index (χ0v) is 7.66. The van der Waals surface area contributed by atoms with Crippen LogP contribution in [0.5, 0.6) is 0 Å². The second-order valence-corrected chi connectivity index (χ2v) is 3.77. The van der Waals surface area contributed by atoms with Gasteiger partial charge in [0, 0.05) is 0 Å². The van der Waals surface area contributed by atoms with Crippen molar-refractivity contribution >= 4 is 5.97 Å². The van der Waals surface area contributed by atoms with E-state index in [1.165, 1.54) is 25.0 Å². The van der Waals surface area contributed by atoms with Crippen molar-refractivity contribution in [2.75, 3.05) is 0 Å². The number of benzene rings is 1. The van der Waals surface area contributed by atoms with Crippen LogP contribution in [0.4, 0.5) is 4.39 Å². The van der Waals surface area contributed by atoms with E-state index in [0.717, 1.165) is 12.0 Å². The minimum Gasteiger partial charge on any atom is -0.478 e. The highest BCUT2D eigenvalue weighted by Crippen LogP contribution is 2.32. The number of carboxylic acid groups (broad SMARTS) is 1. The van der Waals surface area contributed by atoms with Gasteiger partial charge in [0.2, 0.25) is 0 Å². The minimum absolute atomic E-state index is 0.219. The molecule has 1 aromatic carbocycles. The summed E-state index contributed by atoms with van der Waals surface area (Å²) >= 11 is 0. The van der Waals surface area contributed by atoms with Crippen LogP contribution < -0.4 is 0 Å². The lowest BCUT2D eigenvalue weighted by molar-refractivity contribution is 0.0691. The molecular weight excluding hydrogens is 183 g/mol. The summed E-state index contributed by atoms with van der Waals surface area (Å²) in [4.78, 5) is 10.6. The van der Waals surface area contributed by atoms with E-state index < -0.39 is 11.8 Å². The number of aromatic carboxylic acids is 1. The molecule has 2 nitrogen and oxygen atoms in total. The highest BCUT2D eigenvalue weighted by molar-refractivity contribution is 5.88. The molecule has 0 aromatic heterocycles. The molecule has 0 aliphatic heterocycles. The lowest BCUT2D eigenvalue weighted by atomic mass is 10.1. The summed E-state index contributed by atoms with van der Waals surface area (Å²) in [5.74, 6) is -1.17. The van der Waals surface area contributed by atoms with Gasteiger partial charge in [0.25, 0.3) is 0 Å². The molecule has 0 radical (unpaired) electrons. The zero-order valence-electron chi connectivity index (χ0n) is 7.66. The molecule has 1 aliphatic rings. The SMILES string of the molecule is O=C(O)c1cc(CC2CC2)ccc1F. The van der Waals surface area contributed by atoms with Crippen molar-refractivity contribution in [2.24, 2.45) is 5.92 Å². The van der Waals surface area contributed by atoms with Crippen LogP contribution in [0.15, 0.2) is 18.2 Å². The van der Waals surface area contributed by atoms with Crippen molar-refractivity contribution in [3.05, 3.63) is 35.1 Å². The first-order valence-corrected chi connectivity index (χ1v) is 4.68. The summed E-state index contributed by atoms with van der Waals surface area (Å²) in [5.41, 5.74) is 0.703. The largest absolute Gasteiger partial charge is 0.478 e. The fourth-order valence-corrected chi connectivity index (χ4v) is 1.52. The van der Waals surface area contributed by atoms with Crippen LogP contribution in [0.3, 0.4) is 0 Å². The van der Waals surface area contributed by atoms with Crippen LogP contribution in [0.25, 0.3) is 0 Å². The summed E-state index contributed by atoms with van der Waals surface area (Å²) < 4.78 is 13.0. The first kappa shape index (κ1) is 9.19. The highest BCUT2D eigenvalue weighted by Gasteiger charge is 2.22. The van der Waals surface area contributed by atoms with Crippen LogP contribution >= 0.6 is 0 Å². The number of rotatable bonds is 3. The standard InChI is InChI=1S/C11H11FO2/c12-10-4-3-8(5-7-1-2-7)6-9(10)11(13)14/h3-4,6-7H,1-2,5H2,(H,13,14). The number of carbonyl (C=O) groups is 1. The molecule has 1 N–H and O–H groups in total. The van der Waals surface area contributed by atoms with E-state index in [2.05, 4.69) is 0 Å². The number of hydrogen-bond donors (Lipinski definition) is 1. The Morgan fingerprint density at radius 2 is 2.21 bits per heavy atom. The number of hydrogen-bond acceptors (Lipinski definition) is 1. The minimum atomic E-state index is -1.19. The molecule has 1 aliphatic carbocycles. The average molecular weight is 194 g/mol. The van der Waals surface area contributed by atoms with Gasteiger partial charge in [-0.1, -0.05) is 6.07 Å². The monoisotopic (exact) mass is 194 g/mol. The molecule has 14 heavy (non-hydrogen) atoms. The Kier molecular flexibility index (Phi) is 2.23. The summed E-state index contributed by atoms with van der Waals surface area (Å²) in [7, 11) is 0. The van der Waals surface area contributed by atoms with E-state index in [1.807, 2.05) is 0 Å². The second kappa shape index (κ2) is 3.40. The van der Waals surface area contributed by atoms with Crippen LogP contribution in [-0.4, -0.2) is 11.1 Å². The highest BCUT2D eigenvalue weighted by atomic mass is 19.1. The normalized spacial score (nSPS) is 15.5. The Morgan fingerprint density at radius 1 is 1.50 bits per heavy atom. The maximum Gasteiger partial charge on any atom is 0.338 e. The molecule has 0 saturated heterocycles. The van der Waals surface area contributed by atoms with Gasteiger partial charge in [0.1, 0.15) is 5.82 Å². The van der Waals surface area contributed by atoms with Crippen molar-refractivity contribution in [1.82, 2.24) is 0 Å². The summed E-state index contributed by atoms with van der Waals surface area (Å²) in [6.07, 6.45) is 3.29. The smallest absolute Gasteiger partial charge is 0.338 e. The van der Waals surface area contributed by atoms with E-state index in [4.69, 9.17) is 5.11 Å². The lowest BCUT2D eigenvalue weighted by Gasteiger charge is -2.02. The van der Waals surface area contributed by atoms with E-state index in [1.54, 1.807) is 6.07 Å². The van der Waals surface area contributed by atoms with Gasteiger partial charge in [-0.3, -0.25) is 0 Å². The summed E-state index contributed by atoms with van der Waals surface area (Å²) in [6.45, 7) is 0. The number of halogens is 1. The molecular formula is C11H11FO2. The Balaban J connectivity index is 2.24. The molecule has 3 heteroatoms. The second-order valence-electron chi connectivity index (χ2n) is 3.77. The van der Waals surface area contributed by atoms with Gasteiger partial charge < -0.3 is 5.11 Å². The van der Waals surface area contributed by atoms with Crippen LogP contribution in [0, 0.1) is 11.7 Å². The first-order chi connectivity index (χ1) is 6.66. The zero-order chi connectivity index (χ0) is 10.1. The van der Waals surface area contributed by atoms with E-state index in [-0.39, 0.29) is 5.56 Å². The maximum absolute atomic E-state index is 13.0. The predicted molar refractivity (Wildman–Crippen MR) is 49.8 cm³/mol. The molecule has 1 aromatic rings. The molecule has 74 valence electrons. The summed E-state index contributed by atoms with van der Waals surface area (Å²) in [5, 5.41) is 8.70. The molecule has 0 spiro atoms. The average Bonchev–Trinajstić information content (AvgIpc) is 2.92. The fraction of sp³-hybridized carbons (Fsp3) is 0.364. The molecule has 0 amide bonds. The lowest BCUT2D eigenvalue weighted by Crippen LogP contribution is -2.02. The fourth-order valence-electron chi connectivity index (χ4n) is 1.52. The van der Waals surface area contributed by atoms with Crippen LogP contribution in [0.1, 0.15) is 28.8 Å². The molecule has 0 unspecified atom stereocenters. The Hall–Kier alpha value is -1.38. The van der Waals surface area contributed by atoms with E-state index in [0.29, 0.717) is 5.92 Å². The number of carboxylic acids is 1. The molecule has 1 fully saturated rings. The molecule has 0 heterocycles. The molecule has 2 rings (SSSR count). The van der Waals surface area contributed by atoms with Gasteiger partial charge in [-0.05, 0) is 42.9 Å². The van der Waals surface area contributed by atoms with Crippen LogP contribution in [-0.2, 0) is 6.42 Å². The van der Waals surface area contributed by atoms with Crippen molar-refractivity contribution in [2.45, 2.75) is 19.3 Å². The summed E-state index contributed by atoms with van der Waals surface area (Å²) in [6, 6.07) is 4.34. The van der Waals surface area contributed by atoms with Crippen molar-refractivity contribution < 1.29 is 14.3 Å². The van der Waals surface area contributed by atoms with Crippen molar-refractivity contribution in [3.63, 3.8) is 0 Å². The molecule has 0 atom stereocenters.